The zero-order chi connectivity index (χ0) is 13.1. The fraction of sp³-hybridized carbons (Fsp3) is 0.333. The van der Waals surface area contributed by atoms with E-state index in [2.05, 4.69) is 10.2 Å². The van der Waals surface area contributed by atoms with Gasteiger partial charge in [0.15, 0.2) is 0 Å². The summed E-state index contributed by atoms with van der Waals surface area (Å²) >= 11 is 7.45. The number of methoxy groups -OCH3 is 2. The highest BCUT2D eigenvalue weighted by atomic mass is 35.5. The van der Waals surface area contributed by atoms with Crippen LogP contribution in [0.15, 0.2) is 18.2 Å². The third kappa shape index (κ3) is 2.73. The molecule has 0 fully saturated rings. The molecule has 0 radical (unpaired) electrons. The molecular weight excluding hydrogens is 272 g/mol. The zero-order valence-corrected chi connectivity index (χ0v) is 11.9. The van der Waals surface area contributed by atoms with Crippen molar-refractivity contribution in [3.8, 4) is 22.1 Å². The lowest BCUT2D eigenvalue weighted by Gasteiger charge is -2.06. The Balaban J connectivity index is 2.42. The number of ether oxygens (including phenoxy) is 2. The van der Waals surface area contributed by atoms with Gasteiger partial charge in [0.2, 0.25) is 0 Å². The molecule has 0 bridgehead atoms. The highest BCUT2D eigenvalue weighted by molar-refractivity contribution is 7.15. The SMILES string of the molecule is COc1cc(OC)cc(-c2nnc(C(C)Cl)s2)c1. The molecule has 0 aliphatic rings. The molecule has 6 heteroatoms. The smallest absolute Gasteiger partial charge is 0.148 e. The predicted octanol–water partition coefficient (Wildman–Crippen LogP) is 3.52. The van der Waals surface area contributed by atoms with Gasteiger partial charge in [-0.25, -0.2) is 0 Å². The van der Waals surface area contributed by atoms with Crippen LogP contribution in [0.25, 0.3) is 10.6 Å². The number of aromatic nitrogens is 2. The average Bonchev–Trinajstić information content (AvgIpc) is 2.87. The minimum atomic E-state index is -0.135. The second-order valence-electron chi connectivity index (χ2n) is 3.66. The van der Waals surface area contributed by atoms with Crippen molar-refractivity contribution in [3.63, 3.8) is 0 Å². The Morgan fingerprint density at radius 1 is 1.11 bits per heavy atom. The molecule has 96 valence electrons. The van der Waals surface area contributed by atoms with Crippen molar-refractivity contribution in [2.45, 2.75) is 12.3 Å². The summed E-state index contributed by atoms with van der Waals surface area (Å²) in [5.41, 5.74) is 0.910. The summed E-state index contributed by atoms with van der Waals surface area (Å²) in [4.78, 5) is 0. The first-order chi connectivity index (χ1) is 8.63. The lowest BCUT2D eigenvalue weighted by molar-refractivity contribution is 0.394. The Bertz CT molecular complexity index is 520. The number of hydrogen-bond donors (Lipinski definition) is 0. The largest absolute Gasteiger partial charge is 0.497 e. The van der Waals surface area contributed by atoms with Crippen molar-refractivity contribution in [3.05, 3.63) is 23.2 Å². The summed E-state index contributed by atoms with van der Waals surface area (Å²) in [6.07, 6.45) is 0. The van der Waals surface area contributed by atoms with E-state index in [0.29, 0.717) is 0 Å². The molecule has 2 aromatic rings. The maximum absolute atomic E-state index is 5.98. The van der Waals surface area contributed by atoms with Crippen LogP contribution in [-0.2, 0) is 0 Å². The molecule has 1 unspecified atom stereocenters. The van der Waals surface area contributed by atoms with E-state index < -0.39 is 0 Å². The van der Waals surface area contributed by atoms with Gasteiger partial charge in [-0.3, -0.25) is 0 Å². The van der Waals surface area contributed by atoms with E-state index in [1.165, 1.54) is 11.3 Å². The number of hydrogen-bond acceptors (Lipinski definition) is 5. The van der Waals surface area contributed by atoms with E-state index in [1.807, 2.05) is 25.1 Å². The van der Waals surface area contributed by atoms with Gasteiger partial charge >= 0.3 is 0 Å². The molecule has 0 amide bonds. The molecule has 0 aliphatic heterocycles. The maximum atomic E-state index is 5.98. The molecule has 0 aliphatic carbocycles. The van der Waals surface area contributed by atoms with Crippen molar-refractivity contribution in [1.82, 2.24) is 10.2 Å². The zero-order valence-electron chi connectivity index (χ0n) is 10.3. The fourth-order valence-corrected chi connectivity index (χ4v) is 2.38. The third-order valence-electron chi connectivity index (χ3n) is 2.38. The molecule has 0 saturated carbocycles. The quantitative estimate of drug-likeness (QED) is 0.806. The van der Waals surface area contributed by atoms with Crippen LogP contribution in [0.5, 0.6) is 11.5 Å². The van der Waals surface area contributed by atoms with Gasteiger partial charge in [-0.1, -0.05) is 11.3 Å². The topological polar surface area (TPSA) is 44.2 Å². The Hall–Kier alpha value is -1.33. The van der Waals surface area contributed by atoms with Gasteiger partial charge in [-0.2, -0.15) is 0 Å². The first-order valence-corrected chi connectivity index (χ1v) is 6.60. The Labute approximate surface area is 115 Å². The first kappa shape index (κ1) is 13.1. The number of nitrogens with zero attached hydrogens (tertiary/aromatic N) is 2. The first-order valence-electron chi connectivity index (χ1n) is 5.35. The molecule has 0 saturated heterocycles. The fourth-order valence-electron chi connectivity index (χ4n) is 1.44. The summed E-state index contributed by atoms with van der Waals surface area (Å²) in [5.74, 6) is 1.44. The van der Waals surface area contributed by atoms with Gasteiger partial charge in [0.1, 0.15) is 21.5 Å². The van der Waals surface area contributed by atoms with Crippen LogP contribution in [0, 0.1) is 0 Å². The minimum Gasteiger partial charge on any atom is -0.497 e. The van der Waals surface area contributed by atoms with Gasteiger partial charge < -0.3 is 9.47 Å². The summed E-state index contributed by atoms with van der Waals surface area (Å²) in [5, 5.41) is 9.65. The molecular formula is C12H13ClN2O2S. The Kier molecular flexibility index (Phi) is 4.04. The Morgan fingerprint density at radius 3 is 2.17 bits per heavy atom. The predicted molar refractivity (Wildman–Crippen MR) is 72.7 cm³/mol. The molecule has 1 atom stereocenters. The van der Waals surface area contributed by atoms with Crippen molar-refractivity contribution in [2.24, 2.45) is 0 Å². The highest BCUT2D eigenvalue weighted by Crippen LogP contribution is 2.33. The van der Waals surface area contributed by atoms with E-state index in [1.54, 1.807) is 14.2 Å². The van der Waals surface area contributed by atoms with E-state index in [9.17, 15) is 0 Å². The Morgan fingerprint density at radius 2 is 1.72 bits per heavy atom. The molecule has 18 heavy (non-hydrogen) atoms. The summed E-state index contributed by atoms with van der Waals surface area (Å²) in [7, 11) is 3.23. The summed E-state index contributed by atoms with van der Waals surface area (Å²) in [6.45, 7) is 1.87. The van der Waals surface area contributed by atoms with E-state index in [4.69, 9.17) is 21.1 Å². The second-order valence-corrected chi connectivity index (χ2v) is 5.33. The molecule has 0 N–H and O–H groups in total. The van der Waals surface area contributed by atoms with Gasteiger partial charge in [-0.05, 0) is 19.1 Å². The van der Waals surface area contributed by atoms with Gasteiger partial charge in [0.05, 0.1) is 19.6 Å². The number of benzene rings is 1. The van der Waals surface area contributed by atoms with Gasteiger partial charge in [0, 0.05) is 11.6 Å². The number of halogens is 1. The molecule has 2 rings (SSSR count). The van der Waals surface area contributed by atoms with Gasteiger partial charge in [0.25, 0.3) is 0 Å². The highest BCUT2D eigenvalue weighted by Gasteiger charge is 2.12. The maximum Gasteiger partial charge on any atom is 0.148 e. The molecule has 1 aromatic heterocycles. The molecule has 1 heterocycles. The van der Waals surface area contributed by atoms with Gasteiger partial charge in [-0.15, -0.1) is 21.8 Å². The van der Waals surface area contributed by atoms with E-state index in [0.717, 1.165) is 27.1 Å². The standard InChI is InChI=1S/C12H13ClN2O2S/c1-7(13)11-14-15-12(18-11)8-4-9(16-2)6-10(5-8)17-3/h4-7H,1-3H3. The summed E-state index contributed by atoms with van der Waals surface area (Å²) < 4.78 is 10.4. The van der Waals surface area contributed by atoms with Crippen molar-refractivity contribution < 1.29 is 9.47 Å². The van der Waals surface area contributed by atoms with Crippen LogP contribution in [-0.4, -0.2) is 24.4 Å². The van der Waals surface area contributed by atoms with E-state index >= 15 is 0 Å². The van der Waals surface area contributed by atoms with Crippen molar-refractivity contribution in [2.75, 3.05) is 14.2 Å². The third-order valence-corrected chi connectivity index (χ3v) is 3.87. The monoisotopic (exact) mass is 284 g/mol. The molecule has 0 spiro atoms. The van der Waals surface area contributed by atoms with E-state index in [-0.39, 0.29) is 5.38 Å². The summed E-state index contributed by atoms with van der Waals surface area (Å²) in [6, 6.07) is 5.60. The lowest BCUT2D eigenvalue weighted by Crippen LogP contribution is -1.88. The van der Waals surface area contributed by atoms with Crippen LogP contribution in [0.1, 0.15) is 17.3 Å². The minimum absolute atomic E-state index is 0.135. The van der Waals surface area contributed by atoms with Crippen LogP contribution in [0.4, 0.5) is 0 Å². The van der Waals surface area contributed by atoms with Crippen LogP contribution in [0.3, 0.4) is 0 Å². The average molecular weight is 285 g/mol. The molecule has 4 nitrogen and oxygen atoms in total. The number of rotatable bonds is 4. The van der Waals surface area contributed by atoms with Crippen LogP contribution >= 0.6 is 22.9 Å². The normalized spacial score (nSPS) is 12.2. The van der Waals surface area contributed by atoms with Crippen molar-refractivity contribution in [1.29, 1.82) is 0 Å². The number of alkyl halides is 1. The van der Waals surface area contributed by atoms with Crippen LogP contribution in [0.2, 0.25) is 0 Å². The molecule has 1 aromatic carbocycles. The second kappa shape index (κ2) is 5.54. The lowest BCUT2D eigenvalue weighted by atomic mass is 10.2. The van der Waals surface area contributed by atoms with Crippen LogP contribution < -0.4 is 9.47 Å². The van der Waals surface area contributed by atoms with Crippen molar-refractivity contribution >= 4 is 22.9 Å².